The van der Waals surface area contributed by atoms with Crippen molar-refractivity contribution in [3.05, 3.63) is 70.5 Å². The summed E-state index contributed by atoms with van der Waals surface area (Å²) in [6, 6.07) is 13.5. The van der Waals surface area contributed by atoms with Gasteiger partial charge in [-0.3, -0.25) is 0 Å². The third kappa shape index (κ3) is 3.51. The van der Waals surface area contributed by atoms with Gasteiger partial charge in [0.25, 0.3) is 0 Å². The quantitative estimate of drug-likeness (QED) is 0.804. The highest BCUT2D eigenvalue weighted by Gasteiger charge is 2.30. The van der Waals surface area contributed by atoms with Crippen LogP contribution in [0.15, 0.2) is 48.5 Å². The molecule has 2 aromatic carbocycles. The Morgan fingerprint density at radius 2 is 1.80 bits per heavy atom. The molecule has 0 aliphatic heterocycles. The predicted octanol–water partition coefficient (Wildman–Crippen LogP) is 4.54. The van der Waals surface area contributed by atoms with Crippen LogP contribution < -0.4 is 0 Å². The molecule has 1 atom stereocenters. The number of hydrogen-bond donors (Lipinski definition) is 1. The van der Waals surface area contributed by atoms with E-state index in [1.54, 1.807) is 6.07 Å². The summed E-state index contributed by atoms with van der Waals surface area (Å²) in [6.45, 7) is 0. The van der Waals surface area contributed by atoms with Gasteiger partial charge in [0.2, 0.25) is 0 Å². The third-order valence-corrected chi connectivity index (χ3v) is 3.73. The van der Waals surface area contributed by atoms with E-state index in [0.717, 1.165) is 5.56 Å². The average molecular weight is 313 g/mol. The smallest absolute Gasteiger partial charge is 0.126 e. The minimum atomic E-state index is -1.20. The fourth-order valence-electron chi connectivity index (χ4n) is 2.23. The summed E-state index contributed by atoms with van der Waals surface area (Å²) in [5.41, 5.74) is -0.0943. The zero-order valence-corrected chi connectivity index (χ0v) is 12.3. The lowest BCUT2D eigenvalue weighted by atomic mass is 9.85. The molecule has 1 N–H and O–H groups in total. The Morgan fingerprint density at radius 1 is 1.10 bits per heavy atom. The van der Waals surface area contributed by atoms with E-state index < -0.39 is 5.60 Å². The zero-order chi connectivity index (χ0) is 14.6. The summed E-state index contributed by atoms with van der Waals surface area (Å²) in [4.78, 5) is 0. The van der Waals surface area contributed by atoms with Crippen molar-refractivity contribution in [3.63, 3.8) is 0 Å². The minimum Gasteiger partial charge on any atom is -0.385 e. The van der Waals surface area contributed by atoms with Gasteiger partial charge in [0.05, 0.1) is 5.60 Å². The van der Waals surface area contributed by atoms with E-state index in [1.165, 1.54) is 12.1 Å². The maximum Gasteiger partial charge on any atom is 0.126 e. The molecule has 0 aliphatic carbocycles. The number of hydrogen-bond acceptors (Lipinski definition) is 1. The van der Waals surface area contributed by atoms with Crippen LogP contribution in [0.3, 0.4) is 0 Å². The Morgan fingerprint density at radius 3 is 2.45 bits per heavy atom. The molecule has 0 amide bonds. The van der Waals surface area contributed by atoms with Crippen molar-refractivity contribution in [1.82, 2.24) is 0 Å². The maximum absolute atomic E-state index is 13.9. The summed E-state index contributed by atoms with van der Waals surface area (Å²) in [5, 5.41) is 11.3. The third-order valence-electron chi connectivity index (χ3n) is 3.31. The van der Waals surface area contributed by atoms with Gasteiger partial charge in [0.15, 0.2) is 0 Å². The molecule has 2 aromatic rings. The number of rotatable bonds is 5. The summed E-state index contributed by atoms with van der Waals surface area (Å²) in [6.07, 6.45) is 0.473. The lowest BCUT2D eigenvalue weighted by molar-refractivity contribution is 0.0328. The molecular weight excluding hydrogens is 298 g/mol. The van der Waals surface area contributed by atoms with Crippen LogP contribution in [0.5, 0.6) is 0 Å². The van der Waals surface area contributed by atoms with Gasteiger partial charge in [-0.2, -0.15) is 0 Å². The molecule has 0 spiro atoms. The maximum atomic E-state index is 13.9. The normalized spacial score (nSPS) is 14.0. The van der Waals surface area contributed by atoms with Gasteiger partial charge in [-0.1, -0.05) is 41.9 Å². The second kappa shape index (κ2) is 6.57. The second-order valence-corrected chi connectivity index (χ2v) is 5.56. The van der Waals surface area contributed by atoms with Crippen molar-refractivity contribution < 1.29 is 9.50 Å². The first kappa shape index (κ1) is 15.3. The number of halogens is 3. The first-order chi connectivity index (χ1) is 9.55. The molecule has 1 nitrogen and oxygen atoms in total. The second-order valence-electron chi connectivity index (χ2n) is 4.75. The highest BCUT2D eigenvalue weighted by atomic mass is 35.5. The van der Waals surface area contributed by atoms with Gasteiger partial charge >= 0.3 is 0 Å². The average Bonchev–Trinajstić information content (AvgIpc) is 2.44. The molecule has 0 aliphatic rings. The number of alkyl halides is 1. The molecule has 0 radical (unpaired) electrons. The molecule has 0 fully saturated rings. The van der Waals surface area contributed by atoms with Crippen LogP contribution in [0.2, 0.25) is 5.02 Å². The van der Waals surface area contributed by atoms with E-state index in [9.17, 15) is 9.50 Å². The molecule has 4 heteroatoms. The fourth-order valence-corrected chi connectivity index (χ4v) is 2.74. The monoisotopic (exact) mass is 312 g/mol. The Labute approximate surface area is 128 Å². The fraction of sp³-hybridized carbons (Fsp3) is 0.250. The summed E-state index contributed by atoms with van der Waals surface area (Å²) in [5.74, 6) is -0.0913. The standard InChI is InChI=1S/C16H15Cl2FO/c17-9-8-16(20,13-4-2-1-3-5-13)11-12-10-14(18)6-7-15(12)19/h1-7,10,20H,8-9,11H2. The molecule has 0 saturated carbocycles. The first-order valence-corrected chi connectivity index (χ1v) is 7.24. The summed E-state index contributed by atoms with van der Waals surface area (Å²) < 4.78 is 13.9. The SMILES string of the molecule is OC(CCCl)(Cc1cc(Cl)ccc1F)c1ccccc1. The van der Waals surface area contributed by atoms with Gasteiger partial charge in [0.1, 0.15) is 5.82 Å². The van der Waals surface area contributed by atoms with Gasteiger partial charge in [-0.25, -0.2) is 4.39 Å². The van der Waals surface area contributed by atoms with E-state index >= 15 is 0 Å². The van der Waals surface area contributed by atoms with E-state index in [-0.39, 0.29) is 18.1 Å². The van der Waals surface area contributed by atoms with Crippen LogP contribution in [0.1, 0.15) is 17.5 Å². The van der Waals surface area contributed by atoms with E-state index in [0.29, 0.717) is 17.0 Å². The Bertz CT molecular complexity index is 574. The van der Waals surface area contributed by atoms with Crippen LogP contribution in [-0.4, -0.2) is 11.0 Å². The van der Waals surface area contributed by atoms with Gasteiger partial charge in [0, 0.05) is 17.3 Å². The van der Waals surface area contributed by atoms with Gasteiger partial charge in [-0.15, -0.1) is 11.6 Å². The van der Waals surface area contributed by atoms with E-state index in [2.05, 4.69) is 0 Å². The van der Waals surface area contributed by atoms with E-state index in [1.807, 2.05) is 30.3 Å². The molecule has 2 rings (SSSR count). The van der Waals surface area contributed by atoms with Gasteiger partial charge in [-0.05, 0) is 35.7 Å². The Balaban J connectivity index is 2.36. The van der Waals surface area contributed by atoms with E-state index in [4.69, 9.17) is 23.2 Å². The lowest BCUT2D eigenvalue weighted by Gasteiger charge is -2.28. The highest BCUT2D eigenvalue weighted by molar-refractivity contribution is 6.30. The number of aliphatic hydroxyl groups is 1. The molecule has 0 aromatic heterocycles. The summed E-state index contributed by atoms with van der Waals surface area (Å²) >= 11 is 11.7. The molecule has 20 heavy (non-hydrogen) atoms. The zero-order valence-electron chi connectivity index (χ0n) is 10.8. The van der Waals surface area contributed by atoms with Crippen LogP contribution >= 0.6 is 23.2 Å². The van der Waals surface area contributed by atoms with Crippen molar-refractivity contribution in [2.24, 2.45) is 0 Å². The van der Waals surface area contributed by atoms with Crippen LogP contribution in [-0.2, 0) is 12.0 Å². The molecule has 0 heterocycles. The Hall–Kier alpha value is -1.09. The predicted molar refractivity (Wildman–Crippen MR) is 80.8 cm³/mol. The topological polar surface area (TPSA) is 20.2 Å². The molecule has 0 bridgehead atoms. The largest absolute Gasteiger partial charge is 0.385 e. The Kier molecular flexibility index (Phi) is 5.03. The summed E-state index contributed by atoms with van der Waals surface area (Å²) in [7, 11) is 0. The lowest BCUT2D eigenvalue weighted by Crippen LogP contribution is -2.29. The molecule has 106 valence electrons. The molecule has 1 unspecified atom stereocenters. The van der Waals surface area contributed by atoms with Crippen molar-refractivity contribution in [3.8, 4) is 0 Å². The van der Waals surface area contributed by atoms with Crippen molar-refractivity contribution >= 4 is 23.2 Å². The molecule has 0 saturated heterocycles. The van der Waals surface area contributed by atoms with Crippen LogP contribution in [0, 0.1) is 5.82 Å². The van der Waals surface area contributed by atoms with Crippen molar-refractivity contribution in [1.29, 1.82) is 0 Å². The highest BCUT2D eigenvalue weighted by Crippen LogP contribution is 2.31. The van der Waals surface area contributed by atoms with Crippen molar-refractivity contribution in [2.45, 2.75) is 18.4 Å². The van der Waals surface area contributed by atoms with Crippen molar-refractivity contribution in [2.75, 3.05) is 5.88 Å². The van der Waals surface area contributed by atoms with Crippen LogP contribution in [0.4, 0.5) is 4.39 Å². The van der Waals surface area contributed by atoms with Gasteiger partial charge < -0.3 is 5.11 Å². The first-order valence-electron chi connectivity index (χ1n) is 6.33. The number of benzene rings is 2. The minimum absolute atomic E-state index is 0.135. The van der Waals surface area contributed by atoms with Crippen LogP contribution in [0.25, 0.3) is 0 Å². The molecular formula is C16H15Cl2FO.